The molecule has 0 aliphatic carbocycles. The molecule has 0 unspecified atom stereocenters. The minimum atomic E-state index is -1.06. The lowest BCUT2D eigenvalue weighted by Crippen LogP contribution is -2.36. The fraction of sp³-hybridized carbons (Fsp3) is 0.250. The van der Waals surface area contributed by atoms with Gasteiger partial charge in [0.25, 0.3) is 5.91 Å². The lowest BCUT2D eigenvalue weighted by Gasteiger charge is -2.26. The molecule has 1 aliphatic heterocycles. The van der Waals surface area contributed by atoms with Crippen molar-refractivity contribution in [3.63, 3.8) is 0 Å². The predicted molar refractivity (Wildman–Crippen MR) is 88.2 cm³/mol. The van der Waals surface area contributed by atoms with E-state index in [9.17, 15) is 9.59 Å². The van der Waals surface area contributed by atoms with Gasteiger partial charge in [-0.1, -0.05) is 12.1 Å². The number of aromatic nitrogens is 6. The van der Waals surface area contributed by atoms with E-state index in [-0.39, 0.29) is 11.6 Å². The lowest BCUT2D eigenvalue weighted by molar-refractivity contribution is 0.0689. The number of hydrogen-bond acceptors (Lipinski definition) is 6. The minimum absolute atomic E-state index is 0.0351. The topological polar surface area (TPSA) is 130 Å². The zero-order chi connectivity index (χ0) is 18.3. The van der Waals surface area contributed by atoms with Gasteiger partial charge in [0.2, 0.25) is 5.82 Å². The summed E-state index contributed by atoms with van der Waals surface area (Å²) in [6.07, 6.45) is 0.459. The molecule has 0 fully saturated rings. The summed E-state index contributed by atoms with van der Waals surface area (Å²) >= 11 is 0. The Morgan fingerprint density at radius 2 is 2.00 bits per heavy atom. The molecule has 1 aliphatic rings. The van der Waals surface area contributed by atoms with Crippen LogP contribution in [0.4, 0.5) is 0 Å². The molecule has 4 rings (SSSR count). The average Bonchev–Trinajstić information content (AvgIpc) is 3.27. The summed E-state index contributed by atoms with van der Waals surface area (Å²) in [6.45, 7) is 0.751. The summed E-state index contributed by atoms with van der Waals surface area (Å²) in [5, 5.41) is 27.5. The van der Waals surface area contributed by atoms with Crippen LogP contribution < -0.4 is 0 Å². The molecule has 0 atom stereocenters. The Hall–Kier alpha value is -3.56. The number of nitrogens with zero attached hydrogens (tertiary/aromatic N) is 6. The number of hydrogen-bond donors (Lipinski definition) is 2. The predicted octanol–water partition coefficient (Wildman–Crippen LogP) is 0.497. The molecule has 0 saturated carbocycles. The van der Waals surface area contributed by atoms with Crippen molar-refractivity contribution < 1.29 is 14.7 Å². The van der Waals surface area contributed by atoms with Crippen molar-refractivity contribution in [2.45, 2.75) is 13.0 Å². The van der Waals surface area contributed by atoms with Crippen molar-refractivity contribution in [1.29, 1.82) is 0 Å². The quantitative estimate of drug-likeness (QED) is 0.701. The summed E-state index contributed by atoms with van der Waals surface area (Å²) in [5.41, 5.74) is 2.69. The maximum Gasteiger partial charge on any atom is 0.356 e. The van der Waals surface area contributed by atoms with Gasteiger partial charge in [-0.2, -0.15) is 9.90 Å². The molecule has 0 radical (unpaired) electrons. The number of aromatic amines is 1. The molecule has 2 aromatic heterocycles. The van der Waals surface area contributed by atoms with Crippen molar-refractivity contribution in [2.75, 3.05) is 6.54 Å². The molecule has 0 saturated heterocycles. The number of tetrazole rings is 1. The average molecular weight is 353 g/mol. The van der Waals surface area contributed by atoms with Gasteiger partial charge in [-0.05, 0) is 23.8 Å². The molecule has 10 heteroatoms. The number of rotatable bonds is 3. The van der Waals surface area contributed by atoms with Gasteiger partial charge in [-0.3, -0.25) is 9.89 Å². The largest absolute Gasteiger partial charge is 0.476 e. The van der Waals surface area contributed by atoms with E-state index in [1.165, 1.54) is 4.80 Å². The third-order valence-electron chi connectivity index (χ3n) is 4.32. The van der Waals surface area contributed by atoms with E-state index in [1.54, 1.807) is 36.2 Å². The molecule has 1 aromatic carbocycles. The van der Waals surface area contributed by atoms with Crippen LogP contribution in [-0.2, 0) is 20.0 Å². The highest BCUT2D eigenvalue weighted by Crippen LogP contribution is 2.22. The summed E-state index contributed by atoms with van der Waals surface area (Å²) in [5.74, 6) is -0.691. The third-order valence-corrected chi connectivity index (χ3v) is 4.32. The van der Waals surface area contributed by atoms with Gasteiger partial charge in [-0.25, -0.2) is 4.79 Å². The maximum atomic E-state index is 12.7. The minimum Gasteiger partial charge on any atom is -0.476 e. The summed E-state index contributed by atoms with van der Waals surface area (Å²) in [4.78, 5) is 26.9. The normalized spacial score (nSPS) is 13.5. The van der Waals surface area contributed by atoms with E-state index in [0.29, 0.717) is 42.2 Å². The Labute approximate surface area is 147 Å². The van der Waals surface area contributed by atoms with Crippen LogP contribution in [0.25, 0.3) is 11.4 Å². The highest BCUT2D eigenvalue weighted by atomic mass is 16.4. The molecule has 3 aromatic rings. The Bertz CT molecular complexity index is 990. The SMILES string of the molecule is Cn1nnc(-c2ccc(C(=O)N3CCc4c(C(=O)O)n[nH]c4C3)cc2)n1. The number of carboxylic acid groups (broad SMARTS) is 1. The molecule has 3 heterocycles. The number of fused-ring (bicyclic) bond motifs is 1. The Balaban J connectivity index is 1.52. The Morgan fingerprint density at radius 3 is 2.65 bits per heavy atom. The lowest BCUT2D eigenvalue weighted by atomic mass is 10.0. The van der Waals surface area contributed by atoms with Crippen LogP contribution >= 0.6 is 0 Å². The standard InChI is InChI=1S/C16H15N7O3/c1-22-20-14(19-21-22)9-2-4-10(5-3-9)15(24)23-7-6-11-12(8-23)17-18-13(11)16(25)26/h2-5H,6-8H2,1H3,(H,17,18)(H,25,26). The van der Waals surface area contributed by atoms with Crippen LogP contribution in [0.1, 0.15) is 32.1 Å². The second-order valence-corrected chi connectivity index (χ2v) is 5.99. The molecule has 0 bridgehead atoms. The molecule has 2 N–H and O–H groups in total. The molecular formula is C16H15N7O3. The van der Waals surface area contributed by atoms with Crippen molar-refractivity contribution in [2.24, 2.45) is 7.05 Å². The van der Waals surface area contributed by atoms with Crippen LogP contribution in [0, 0.1) is 0 Å². The second-order valence-electron chi connectivity index (χ2n) is 5.99. The molecule has 10 nitrogen and oxygen atoms in total. The van der Waals surface area contributed by atoms with Crippen molar-refractivity contribution in [1.82, 2.24) is 35.3 Å². The van der Waals surface area contributed by atoms with Gasteiger partial charge >= 0.3 is 5.97 Å². The molecule has 1 amide bonds. The Kier molecular flexibility index (Phi) is 3.72. The number of nitrogens with one attached hydrogen (secondary N) is 1. The Morgan fingerprint density at radius 1 is 1.23 bits per heavy atom. The van der Waals surface area contributed by atoms with Crippen molar-refractivity contribution >= 4 is 11.9 Å². The summed E-state index contributed by atoms with van der Waals surface area (Å²) < 4.78 is 0. The summed E-state index contributed by atoms with van der Waals surface area (Å²) in [6, 6.07) is 7.00. The van der Waals surface area contributed by atoms with Gasteiger partial charge in [0.05, 0.1) is 19.3 Å². The number of benzene rings is 1. The van der Waals surface area contributed by atoms with Crippen molar-refractivity contribution in [3.05, 3.63) is 46.8 Å². The molecule has 0 spiro atoms. The first-order chi connectivity index (χ1) is 12.5. The zero-order valence-corrected chi connectivity index (χ0v) is 13.9. The monoisotopic (exact) mass is 353 g/mol. The van der Waals surface area contributed by atoms with Crippen LogP contribution in [0.2, 0.25) is 0 Å². The zero-order valence-electron chi connectivity index (χ0n) is 13.9. The maximum absolute atomic E-state index is 12.7. The van der Waals surface area contributed by atoms with E-state index in [0.717, 1.165) is 5.56 Å². The first-order valence-electron chi connectivity index (χ1n) is 7.96. The first-order valence-corrected chi connectivity index (χ1v) is 7.96. The summed E-state index contributed by atoms with van der Waals surface area (Å²) in [7, 11) is 1.68. The fourth-order valence-corrected chi connectivity index (χ4v) is 3.01. The van der Waals surface area contributed by atoms with Crippen LogP contribution in [-0.4, -0.2) is 58.8 Å². The number of H-pyrrole nitrogens is 1. The highest BCUT2D eigenvalue weighted by Gasteiger charge is 2.27. The van der Waals surface area contributed by atoms with Gasteiger partial charge in [0.1, 0.15) is 0 Å². The van der Waals surface area contributed by atoms with Crippen LogP contribution in [0.15, 0.2) is 24.3 Å². The van der Waals surface area contributed by atoms with E-state index < -0.39 is 5.97 Å². The van der Waals surface area contributed by atoms with Gasteiger partial charge in [0, 0.05) is 23.2 Å². The van der Waals surface area contributed by atoms with E-state index in [4.69, 9.17) is 5.11 Å². The van der Waals surface area contributed by atoms with E-state index in [1.807, 2.05) is 0 Å². The van der Waals surface area contributed by atoms with Gasteiger partial charge < -0.3 is 10.0 Å². The number of aromatic carboxylic acids is 1. The van der Waals surface area contributed by atoms with Crippen LogP contribution in [0.5, 0.6) is 0 Å². The van der Waals surface area contributed by atoms with Crippen molar-refractivity contribution in [3.8, 4) is 11.4 Å². The van der Waals surface area contributed by atoms with E-state index in [2.05, 4.69) is 25.6 Å². The number of carbonyl (C=O) groups excluding carboxylic acids is 1. The number of amides is 1. The highest BCUT2D eigenvalue weighted by molar-refractivity contribution is 5.95. The number of aryl methyl sites for hydroxylation is 1. The second kappa shape index (κ2) is 6.06. The van der Waals surface area contributed by atoms with Gasteiger partial charge in [-0.15, -0.1) is 10.2 Å². The smallest absolute Gasteiger partial charge is 0.356 e. The first kappa shape index (κ1) is 15.9. The van der Waals surface area contributed by atoms with E-state index >= 15 is 0 Å². The number of carbonyl (C=O) groups is 2. The molecule has 132 valence electrons. The molecular weight excluding hydrogens is 338 g/mol. The number of carboxylic acids is 1. The van der Waals surface area contributed by atoms with Crippen LogP contribution in [0.3, 0.4) is 0 Å². The van der Waals surface area contributed by atoms with Gasteiger partial charge in [0.15, 0.2) is 5.69 Å². The molecule has 26 heavy (non-hydrogen) atoms. The third kappa shape index (κ3) is 2.70. The fourth-order valence-electron chi connectivity index (χ4n) is 3.01.